The van der Waals surface area contributed by atoms with E-state index in [4.69, 9.17) is 10.7 Å². The van der Waals surface area contributed by atoms with Gasteiger partial charge < -0.3 is 10.6 Å². The summed E-state index contributed by atoms with van der Waals surface area (Å²) in [5.41, 5.74) is 11.0. The van der Waals surface area contributed by atoms with E-state index in [1.165, 1.54) is 41.0 Å². The van der Waals surface area contributed by atoms with E-state index >= 15 is 0 Å². The molecule has 0 aliphatic heterocycles. The fourth-order valence-corrected chi connectivity index (χ4v) is 4.71. The second-order valence-electron chi connectivity index (χ2n) is 6.08. The summed E-state index contributed by atoms with van der Waals surface area (Å²) in [5, 5.41) is 1.05. The van der Waals surface area contributed by atoms with Crippen molar-refractivity contribution in [2.45, 2.75) is 52.9 Å². The lowest BCUT2D eigenvalue weighted by Crippen LogP contribution is -2.30. The Morgan fingerprint density at radius 2 is 1.83 bits per heavy atom. The number of rotatable bonds is 4. The molecule has 124 valence electrons. The van der Waals surface area contributed by atoms with Gasteiger partial charge in [0.1, 0.15) is 9.71 Å². The molecule has 0 unspecified atom stereocenters. The lowest BCUT2D eigenvalue weighted by atomic mass is 9.88. The highest BCUT2D eigenvalue weighted by molar-refractivity contribution is 7.21. The van der Waals surface area contributed by atoms with E-state index in [2.05, 4.69) is 6.92 Å². The van der Waals surface area contributed by atoms with Crippen LogP contribution in [-0.4, -0.2) is 28.9 Å². The van der Waals surface area contributed by atoms with Gasteiger partial charge in [0.05, 0.1) is 5.69 Å². The SMILES string of the molecule is CCc1nc2sc(C(=O)N(CC)CC)c(N)c2c2c1CCCC2. The van der Waals surface area contributed by atoms with Crippen molar-refractivity contribution in [1.29, 1.82) is 0 Å². The Bertz CT molecular complexity index is 747. The van der Waals surface area contributed by atoms with Crippen LogP contribution in [0.2, 0.25) is 0 Å². The lowest BCUT2D eigenvalue weighted by molar-refractivity contribution is 0.0779. The summed E-state index contributed by atoms with van der Waals surface area (Å²) in [6.45, 7) is 7.56. The summed E-state index contributed by atoms with van der Waals surface area (Å²) in [5.74, 6) is 0.0399. The topological polar surface area (TPSA) is 59.2 Å². The molecule has 0 aromatic carbocycles. The molecule has 0 fully saturated rings. The largest absolute Gasteiger partial charge is 0.397 e. The quantitative estimate of drug-likeness (QED) is 0.927. The normalized spacial score (nSPS) is 14.0. The van der Waals surface area contributed by atoms with E-state index in [1.807, 2.05) is 18.7 Å². The minimum atomic E-state index is 0.0399. The summed E-state index contributed by atoms with van der Waals surface area (Å²) in [7, 11) is 0. The van der Waals surface area contributed by atoms with Gasteiger partial charge in [-0.05, 0) is 57.1 Å². The number of thiophene rings is 1. The molecule has 1 amide bonds. The minimum Gasteiger partial charge on any atom is -0.397 e. The van der Waals surface area contributed by atoms with Gasteiger partial charge in [-0.3, -0.25) is 4.79 Å². The Morgan fingerprint density at radius 3 is 2.43 bits per heavy atom. The highest BCUT2D eigenvalue weighted by Gasteiger charge is 2.26. The summed E-state index contributed by atoms with van der Waals surface area (Å²) in [6.07, 6.45) is 5.51. The molecule has 0 bridgehead atoms. The van der Waals surface area contributed by atoms with Crippen molar-refractivity contribution >= 4 is 33.1 Å². The summed E-state index contributed by atoms with van der Waals surface area (Å²) < 4.78 is 0. The van der Waals surface area contributed by atoms with Crippen LogP contribution < -0.4 is 5.73 Å². The molecule has 0 spiro atoms. The number of nitrogens with two attached hydrogens (primary N) is 1. The van der Waals surface area contributed by atoms with Gasteiger partial charge in [-0.25, -0.2) is 4.98 Å². The first-order chi connectivity index (χ1) is 11.1. The predicted molar refractivity (Wildman–Crippen MR) is 97.3 cm³/mol. The molecular weight excluding hydrogens is 306 g/mol. The van der Waals surface area contributed by atoms with Gasteiger partial charge in [0.2, 0.25) is 0 Å². The highest BCUT2D eigenvalue weighted by Crippen LogP contribution is 2.40. The van der Waals surface area contributed by atoms with Crippen molar-refractivity contribution in [2.75, 3.05) is 18.8 Å². The van der Waals surface area contributed by atoms with Gasteiger partial charge in [-0.15, -0.1) is 11.3 Å². The molecule has 0 saturated heterocycles. The first-order valence-corrected chi connectivity index (χ1v) is 9.45. The maximum Gasteiger partial charge on any atom is 0.266 e. The number of carbonyl (C=O) groups excluding carboxylic acids is 1. The second-order valence-corrected chi connectivity index (χ2v) is 7.08. The Hall–Kier alpha value is -1.62. The Morgan fingerprint density at radius 1 is 1.17 bits per heavy atom. The van der Waals surface area contributed by atoms with Crippen LogP contribution in [-0.2, 0) is 19.3 Å². The number of anilines is 1. The Kier molecular flexibility index (Phi) is 4.57. The zero-order chi connectivity index (χ0) is 16.6. The molecule has 23 heavy (non-hydrogen) atoms. The van der Waals surface area contributed by atoms with Gasteiger partial charge in [-0.2, -0.15) is 0 Å². The number of hydrogen-bond donors (Lipinski definition) is 1. The molecule has 2 heterocycles. The molecule has 0 atom stereocenters. The maximum absolute atomic E-state index is 12.7. The van der Waals surface area contributed by atoms with E-state index in [-0.39, 0.29) is 5.91 Å². The average Bonchev–Trinajstić information content (AvgIpc) is 2.92. The molecule has 2 N–H and O–H groups in total. The average molecular weight is 331 g/mol. The second kappa shape index (κ2) is 6.48. The fraction of sp³-hybridized carbons (Fsp3) is 0.556. The number of amides is 1. The Labute approximate surface area is 141 Å². The molecule has 1 aliphatic carbocycles. The van der Waals surface area contributed by atoms with E-state index in [1.54, 1.807) is 0 Å². The molecule has 0 radical (unpaired) electrons. The number of pyridine rings is 1. The number of aromatic nitrogens is 1. The third kappa shape index (κ3) is 2.61. The first-order valence-electron chi connectivity index (χ1n) is 8.64. The van der Waals surface area contributed by atoms with Crippen LogP contribution in [0.4, 0.5) is 5.69 Å². The van der Waals surface area contributed by atoms with Crippen LogP contribution in [0.25, 0.3) is 10.2 Å². The van der Waals surface area contributed by atoms with Crippen LogP contribution in [0.1, 0.15) is 60.1 Å². The van der Waals surface area contributed by atoms with Gasteiger partial charge in [0, 0.05) is 24.2 Å². The van der Waals surface area contributed by atoms with Gasteiger partial charge in [0.25, 0.3) is 5.91 Å². The fourth-order valence-electron chi connectivity index (χ4n) is 3.60. The number of hydrogen-bond acceptors (Lipinski definition) is 4. The smallest absolute Gasteiger partial charge is 0.266 e. The summed E-state index contributed by atoms with van der Waals surface area (Å²) in [4.78, 5) is 21.0. The maximum atomic E-state index is 12.7. The number of carbonyl (C=O) groups is 1. The monoisotopic (exact) mass is 331 g/mol. The van der Waals surface area contributed by atoms with E-state index < -0.39 is 0 Å². The molecule has 0 saturated carbocycles. The molecule has 2 aromatic heterocycles. The minimum absolute atomic E-state index is 0.0399. The highest BCUT2D eigenvalue weighted by atomic mass is 32.1. The van der Waals surface area contributed by atoms with Crippen LogP contribution in [0, 0.1) is 0 Å². The number of nitrogens with zero attached hydrogens (tertiary/aromatic N) is 2. The molecular formula is C18H25N3OS. The van der Waals surface area contributed by atoms with Gasteiger partial charge in [0.15, 0.2) is 0 Å². The first kappa shape index (κ1) is 16.2. The van der Waals surface area contributed by atoms with Gasteiger partial charge in [-0.1, -0.05) is 6.92 Å². The van der Waals surface area contributed by atoms with E-state index in [0.29, 0.717) is 23.7 Å². The molecule has 2 aromatic rings. The molecule has 4 nitrogen and oxygen atoms in total. The lowest BCUT2D eigenvalue weighted by Gasteiger charge is -2.20. The number of fused-ring (bicyclic) bond motifs is 3. The van der Waals surface area contributed by atoms with Crippen molar-refractivity contribution in [3.05, 3.63) is 21.7 Å². The van der Waals surface area contributed by atoms with Crippen molar-refractivity contribution in [3.63, 3.8) is 0 Å². The number of aryl methyl sites for hydroxylation is 2. The standard InChI is InChI=1S/C18H25N3OS/c1-4-13-11-9-7-8-10-12(11)14-15(19)16(23-17(14)20-13)18(22)21(5-2)6-3/h4-10,19H2,1-3H3. The molecule has 5 heteroatoms. The summed E-state index contributed by atoms with van der Waals surface area (Å²) >= 11 is 1.47. The van der Waals surface area contributed by atoms with E-state index in [0.717, 1.165) is 29.5 Å². The van der Waals surface area contributed by atoms with Crippen molar-refractivity contribution in [3.8, 4) is 0 Å². The zero-order valence-electron chi connectivity index (χ0n) is 14.2. The van der Waals surface area contributed by atoms with Crippen LogP contribution in [0.3, 0.4) is 0 Å². The molecule has 1 aliphatic rings. The van der Waals surface area contributed by atoms with Crippen LogP contribution in [0.15, 0.2) is 0 Å². The Balaban J connectivity index is 2.20. The predicted octanol–water partition coefficient (Wildman–Crippen LogP) is 3.80. The van der Waals surface area contributed by atoms with Crippen molar-refractivity contribution in [1.82, 2.24) is 9.88 Å². The van der Waals surface area contributed by atoms with Crippen molar-refractivity contribution in [2.24, 2.45) is 0 Å². The van der Waals surface area contributed by atoms with Gasteiger partial charge >= 0.3 is 0 Å². The van der Waals surface area contributed by atoms with Crippen LogP contribution >= 0.6 is 11.3 Å². The third-order valence-electron chi connectivity index (χ3n) is 4.86. The summed E-state index contributed by atoms with van der Waals surface area (Å²) in [6, 6.07) is 0. The number of nitrogen functional groups attached to an aromatic ring is 1. The third-order valence-corrected chi connectivity index (χ3v) is 5.95. The molecule has 3 rings (SSSR count). The van der Waals surface area contributed by atoms with Crippen molar-refractivity contribution < 1.29 is 4.79 Å². The van der Waals surface area contributed by atoms with Crippen LogP contribution in [0.5, 0.6) is 0 Å². The zero-order valence-corrected chi connectivity index (χ0v) is 15.1. The van der Waals surface area contributed by atoms with E-state index in [9.17, 15) is 4.79 Å².